The molecule has 230 valence electrons. The first-order chi connectivity index (χ1) is 21.8. The predicted molar refractivity (Wildman–Crippen MR) is 177 cm³/mol. The normalized spacial score (nSPS) is 12.4. The fourth-order valence-corrected chi connectivity index (χ4v) is 5.22. The number of para-hydroxylation sites is 1. The maximum absolute atomic E-state index is 12.2. The largest absolute Gasteiger partial charge is 0.387 e. The Morgan fingerprint density at radius 2 is 1.51 bits per heavy atom. The number of pyridine rings is 1. The fourth-order valence-electron chi connectivity index (χ4n) is 4.49. The molecule has 0 aliphatic carbocycles. The summed E-state index contributed by atoms with van der Waals surface area (Å²) in [6.07, 6.45) is 2.96. The third-order valence-corrected chi connectivity index (χ3v) is 8.43. The number of sulfonamides is 1. The van der Waals surface area contributed by atoms with E-state index in [1.807, 2.05) is 67.6 Å². The molecule has 5 aromatic rings. The summed E-state index contributed by atoms with van der Waals surface area (Å²) in [6.45, 7) is 2.01. The van der Waals surface area contributed by atoms with E-state index in [1.54, 1.807) is 36.7 Å². The van der Waals surface area contributed by atoms with Crippen LogP contribution in [0, 0.1) is 0 Å². The molecule has 0 saturated heterocycles. The Kier molecular flexibility index (Phi) is 10.1. The van der Waals surface area contributed by atoms with Crippen LogP contribution in [-0.2, 0) is 16.4 Å². The average Bonchev–Trinajstić information content (AvgIpc) is 3.08. The van der Waals surface area contributed by atoms with Gasteiger partial charge in [-0.05, 0) is 67.1 Å². The number of rotatable bonds is 13. The maximum Gasteiger partial charge on any atom is 0.240 e. The van der Waals surface area contributed by atoms with E-state index in [1.165, 1.54) is 19.2 Å². The third-order valence-electron chi connectivity index (χ3n) is 7.00. The Labute approximate surface area is 262 Å². The molecule has 0 aliphatic rings. The topological polar surface area (TPSA) is 154 Å². The number of benzene rings is 3. The van der Waals surface area contributed by atoms with E-state index < -0.39 is 16.1 Å². The Bertz CT molecular complexity index is 1840. The van der Waals surface area contributed by atoms with Crippen molar-refractivity contribution in [2.75, 3.05) is 29.7 Å². The van der Waals surface area contributed by atoms with Gasteiger partial charge in [0.05, 0.1) is 16.7 Å². The molecule has 11 nitrogen and oxygen atoms in total. The van der Waals surface area contributed by atoms with Crippen LogP contribution >= 0.6 is 0 Å². The van der Waals surface area contributed by atoms with Gasteiger partial charge in [0, 0.05) is 36.6 Å². The van der Waals surface area contributed by atoms with E-state index >= 15 is 0 Å². The molecule has 0 radical (unpaired) electrons. The molecule has 1 atom stereocenters. The second-order valence-corrected chi connectivity index (χ2v) is 12.0. The van der Waals surface area contributed by atoms with Gasteiger partial charge in [-0.1, -0.05) is 60.7 Å². The molecule has 5 N–H and O–H groups in total. The standard InChI is InChI=1S/C33H34N8O3S/c1-23(25-13-15-28(16-14-25)45(43,44)34-2)40-41-32-29(21-24-9-5-3-6-10-24)31(36-22-30(42)26-17-19-35-20-18-26)38-33(39-32)37-27-11-7-4-8-12-27/h3-20,30,34,42H,21-22H2,1-2H3,(H3,36,37,38,39,41). The number of hydrazone groups is 1. The number of nitrogens with zero attached hydrogens (tertiary/aromatic N) is 4. The highest BCUT2D eigenvalue weighted by molar-refractivity contribution is 7.89. The fraction of sp³-hybridized carbons (Fsp3) is 0.152. The van der Waals surface area contributed by atoms with Crippen molar-refractivity contribution in [2.24, 2.45) is 5.10 Å². The maximum atomic E-state index is 12.2. The highest BCUT2D eigenvalue weighted by Crippen LogP contribution is 2.28. The molecule has 12 heteroatoms. The molecular weight excluding hydrogens is 588 g/mol. The van der Waals surface area contributed by atoms with Gasteiger partial charge in [0.2, 0.25) is 16.0 Å². The minimum absolute atomic E-state index is 0.164. The molecule has 0 fully saturated rings. The number of hydrogen-bond donors (Lipinski definition) is 5. The zero-order chi connectivity index (χ0) is 31.6. The van der Waals surface area contributed by atoms with E-state index in [0.29, 0.717) is 29.7 Å². The monoisotopic (exact) mass is 622 g/mol. The van der Waals surface area contributed by atoms with Crippen molar-refractivity contribution in [1.82, 2.24) is 19.7 Å². The number of aliphatic hydroxyl groups excluding tert-OH is 1. The molecule has 0 spiro atoms. The summed E-state index contributed by atoms with van der Waals surface area (Å²) in [4.78, 5) is 13.8. The number of aliphatic hydroxyl groups is 1. The lowest BCUT2D eigenvalue weighted by atomic mass is 10.1. The van der Waals surface area contributed by atoms with Crippen molar-refractivity contribution < 1.29 is 13.5 Å². The lowest BCUT2D eigenvalue weighted by molar-refractivity contribution is 0.191. The van der Waals surface area contributed by atoms with Crippen molar-refractivity contribution >= 4 is 39.0 Å². The molecular formula is C33H34N8O3S. The second kappa shape index (κ2) is 14.5. The lowest BCUT2D eigenvalue weighted by Gasteiger charge is -2.19. The smallest absolute Gasteiger partial charge is 0.240 e. The second-order valence-electron chi connectivity index (χ2n) is 10.1. The van der Waals surface area contributed by atoms with Gasteiger partial charge in [-0.25, -0.2) is 13.1 Å². The summed E-state index contributed by atoms with van der Waals surface area (Å²) in [5, 5.41) is 22.1. The summed E-state index contributed by atoms with van der Waals surface area (Å²) >= 11 is 0. The molecule has 2 heterocycles. The van der Waals surface area contributed by atoms with Crippen LogP contribution in [0.5, 0.6) is 0 Å². The lowest BCUT2D eigenvalue weighted by Crippen LogP contribution is -2.18. The number of anilines is 4. The van der Waals surface area contributed by atoms with E-state index in [0.717, 1.165) is 27.9 Å². The molecule has 0 aliphatic heterocycles. The Morgan fingerprint density at radius 3 is 2.18 bits per heavy atom. The Hall–Kier alpha value is -5.17. The highest BCUT2D eigenvalue weighted by atomic mass is 32.2. The molecule has 3 aromatic carbocycles. The van der Waals surface area contributed by atoms with Crippen LogP contribution in [0.4, 0.5) is 23.3 Å². The Balaban J connectivity index is 1.51. The molecule has 2 aromatic heterocycles. The van der Waals surface area contributed by atoms with Gasteiger partial charge in [0.1, 0.15) is 5.82 Å². The van der Waals surface area contributed by atoms with Crippen molar-refractivity contribution in [2.45, 2.75) is 24.3 Å². The van der Waals surface area contributed by atoms with Crippen molar-refractivity contribution in [3.63, 3.8) is 0 Å². The van der Waals surface area contributed by atoms with Gasteiger partial charge >= 0.3 is 0 Å². The quantitative estimate of drug-likeness (QED) is 0.0892. The molecule has 0 amide bonds. The zero-order valence-corrected chi connectivity index (χ0v) is 25.7. The summed E-state index contributed by atoms with van der Waals surface area (Å²) < 4.78 is 26.6. The van der Waals surface area contributed by atoms with Crippen molar-refractivity contribution in [1.29, 1.82) is 0 Å². The van der Waals surface area contributed by atoms with Crippen LogP contribution in [0.3, 0.4) is 0 Å². The van der Waals surface area contributed by atoms with Gasteiger partial charge in [-0.2, -0.15) is 15.1 Å². The van der Waals surface area contributed by atoms with Gasteiger partial charge in [-0.15, -0.1) is 0 Å². The molecule has 45 heavy (non-hydrogen) atoms. The number of nitrogens with one attached hydrogen (secondary N) is 4. The van der Waals surface area contributed by atoms with Crippen LogP contribution in [0.25, 0.3) is 0 Å². The first-order valence-corrected chi connectivity index (χ1v) is 15.7. The number of aromatic nitrogens is 3. The van der Waals surface area contributed by atoms with Gasteiger partial charge in [0.15, 0.2) is 5.82 Å². The van der Waals surface area contributed by atoms with Crippen molar-refractivity contribution in [3.05, 3.63) is 132 Å². The van der Waals surface area contributed by atoms with Crippen LogP contribution in [0.1, 0.15) is 35.3 Å². The van der Waals surface area contributed by atoms with Crippen LogP contribution in [0.2, 0.25) is 0 Å². The van der Waals surface area contributed by atoms with Crippen LogP contribution in [-0.4, -0.2) is 47.8 Å². The van der Waals surface area contributed by atoms with Crippen LogP contribution < -0.4 is 20.8 Å². The predicted octanol–water partition coefficient (Wildman–Crippen LogP) is 5.10. The van der Waals surface area contributed by atoms with Gasteiger partial charge in [-0.3, -0.25) is 10.4 Å². The number of hydrogen-bond acceptors (Lipinski definition) is 10. The Morgan fingerprint density at radius 1 is 0.867 bits per heavy atom. The van der Waals surface area contributed by atoms with Gasteiger partial charge in [0.25, 0.3) is 0 Å². The van der Waals surface area contributed by atoms with Gasteiger partial charge < -0.3 is 15.7 Å². The highest BCUT2D eigenvalue weighted by Gasteiger charge is 2.18. The summed E-state index contributed by atoms with van der Waals surface area (Å²) in [5.74, 6) is 1.31. The minimum Gasteiger partial charge on any atom is -0.387 e. The minimum atomic E-state index is -3.55. The summed E-state index contributed by atoms with van der Waals surface area (Å²) in [7, 11) is -2.18. The summed E-state index contributed by atoms with van der Waals surface area (Å²) in [6, 6.07) is 29.5. The first kappa shape index (κ1) is 31.3. The van der Waals surface area contributed by atoms with E-state index in [2.05, 4.69) is 30.9 Å². The SMILES string of the molecule is CNS(=O)(=O)c1ccc(C(C)=NNc2nc(Nc3ccccc3)nc(NCC(O)c3ccncc3)c2Cc2ccccc2)cc1. The van der Waals surface area contributed by atoms with E-state index in [9.17, 15) is 13.5 Å². The summed E-state index contributed by atoms with van der Waals surface area (Å²) in [5.41, 5.74) is 7.79. The average molecular weight is 623 g/mol. The van der Waals surface area contributed by atoms with Crippen molar-refractivity contribution in [3.8, 4) is 0 Å². The third kappa shape index (κ3) is 8.26. The van der Waals surface area contributed by atoms with E-state index in [-0.39, 0.29) is 11.4 Å². The molecule has 5 rings (SSSR count). The molecule has 1 unspecified atom stereocenters. The zero-order valence-electron chi connectivity index (χ0n) is 24.8. The van der Waals surface area contributed by atoms with E-state index in [4.69, 9.17) is 9.97 Å². The molecule has 0 saturated carbocycles. The van der Waals surface area contributed by atoms with Crippen LogP contribution in [0.15, 0.2) is 119 Å². The first-order valence-electron chi connectivity index (χ1n) is 14.3. The molecule has 0 bridgehead atoms.